The second-order valence-electron chi connectivity index (χ2n) is 3.76. The first kappa shape index (κ1) is 12.1. The maximum Gasteiger partial charge on any atom is 0.338 e. The Kier molecular flexibility index (Phi) is 3.01. The van der Waals surface area contributed by atoms with Crippen LogP contribution in [0.15, 0.2) is 24.5 Å². The first-order valence-electron chi connectivity index (χ1n) is 5.39. The molecule has 0 unspecified atom stereocenters. The number of imidazole rings is 1. The number of nitrogens with zero attached hydrogens (tertiary/aromatic N) is 2. The molecule has 1 aromatic heterocycles. The van der Waals surface area contributed by atoms with E-state index in [2.05, 4.69) is 4.98 Å². The Bertz CT molecular complexity index is 607. The summed E-state index contributed by atoms with van der Waals surface area (Å²) in [6, 6.07) is 2.23. The SMILES string of the molecule is CCc1nccn1-c1cc(F)c(C(=O)O)cc1N. The Morgan fingerprint density at radius 3 is 2.89 bits per heavy atom. The van der Waals surface area contributed by atoms with Gasteiger partial charge in [0.1, 0.15) is 11.6 Å². The van der Waals surface area contributed by atoms with E-state index in [1.165, 1.54) is 0 Å². The molecule has 0 saturated carbocycles. The van der Waals surface area contributed by atoms with E-state index in [4.69, 9.17) is 10.8 Å². The average molecular weight is 249 g/mol. The molecule has 0 bridgehead atoms. The second kappa shape index (κ2) is 4.48. The fourth-order valence-corrected chi connectivity index (χ4v) is 1.77. The fourth-order valence-electron chi connectivity index (χ4n) is 1.77. The van der Waals surface area contributed by atoms with Gasteiger partial charge < -0.3 is 15.4 Å². The van der Waals surface area contributed by atoms with Gasteiger partial charge in [-0.3, -0.25) is 0 Å². The summed E-state index contributed by atoms with van der Waals surface area (Å²) in [5.41, 5.74) is 5.92. The topological polar surface area (TPSA) is 81.1 Å². The van der Waals surface area contributed by atoms with Gasteiger partial charge in [0, 0.05) is 24.9 Å². The summed E-state index contributed by atoms with van der Waals surface area (Å²) in [6.45, 7) is 1.91. The van der Waals surface area contributed by atoms with Crippen LogP contribution in [0.3, 0.4) is 0 Å². The van der Waals surface area contributed by atoms with E-state index in [0.29, 0.717) is 12.1 Å². The molecule has 0 atom stereocenters. The van der Waals surface area contributed by atoms with Crippen LogP contribution < -0.4 is 5.73 Å². The van der Waals surface area contributed by atoms with E-state index in [9.17, 15) is 9.18 Å². The van der Waals surface area contributed by atoms with Crippen LogP contribution in [0.5, 0.6) is 0 Å². The molecule has 0 aliphatic rings. The summed E-state index contributed by atoms with van der Waals surface area (Å²) < 4.78 is 15.3. The minimum Gasteiger partial charge on any atom is -0.478 e. The van der Waals surface area contributed by atoms with Gasteiger partial charge in [-0.05, 0) is 6.07 Å². The molecule has 0 aliphatic carbocycles. The third kappa shape index (κ3) is 1.92. The molecule has 0 radical (unpaired) electrons. The van der Waals surface area contributed by atoms with Gasteiger partial charge in [-0.2, -0.15) is 0 Å². The molecule has 0 aliphatic heterocycles. The number of hydrogen-bond acceptors (Lipinski definition) is 3. The summed E-state index contributed by atoms with van der Waals surface area (Å²) in [5, 5.41) is 8.80. The molecule has 18 heavy (non-hydrogen) atoms. The van der Waals surface area contributed by atoms with Crippen molar-refractivity contribution in [1.29, 1.82) is 0 Å². The van der Waals surface area contributed by atoms with E-state index in [1.54, 1.807) is 17.0 Å². The first-order chi connectivity index (χ1) is 8.54. The van der Waals surface area contributed by atoms with Gasteiger partial charge >= 0.3 is 5.97 Å². The minimum absolute atomic E-state index is 0.196. The molecular formula is C12H12FN3O2. The molecule has 0 saturated heterocycles. The Morgan fingerprint density at radius 1 is 1.56 bits per heavy atom. The highest BCUT2D eigenvalue weighted by Crippen LogP contribution is 2.23. The molecule has 2 aromatic rings. The number of nitrogens with two attached hydrogens (primary N) is 1. The fraction of sp³-hybridized carbons (Fsp3) is 0.167. The largest absolute Gasteiger partial charge is 0.478 e. The predicted molar refractivity (Wildman–Crippen MR) is 64.3 cm³/mol. The minimum atomic E-state index is -1.34. The summed E-state index contributed by atoms with van der Waals surface area (Å²) in [5.74, 6) is -1.43. The molecule has 2 rings (SSSR count). The summed E-state index contributed by atoms with van der Waals surface area (Å²) in [4.78, 5) is 14.9. The van der Waals surface area contributed by atoms with Crippen molar-refractivity contribution in [3.63, 3.8) is 0 Å². The Balaban J connectivity index is 2.60. The molecule has 0 spiro atoms. The maximum atomic E-state index is 13.6. The summed E-state index contributed by atoms with van der Waals surface area (Å²) in [7, 11) is 0. The number of benzene rings is 1. The molecular weight excluding hydrogens is 237 g/mol. The third-order valence-electron chi connectivity index (χ3n) is 2.64. The van der Waals surface area contributed by atoms with Crippen LogP contribution in [-0.4, -0.2) is 20.6 Å². The van der Waals surface area contributed by atoms with Gasteiger partial charge in [-0.1, -0.05) is 6.92 Å². The van der Waals surface area contributed by atoms with Crippen molar-refractivity contribution in [2.45, 2.75) is 13.3 Å². The number of aromatic nitrogens is 2. The lowest BCUT2D eigenvalue weighted by atomic mass is 10.1. The van der Waals surface area contributed by atoms with E-state index in [1.807, 2.05) is 6.92 Å². The number of nitrogen functional groups attached to an aromatic ring is 1. The van der Waals surface area contributed by atoms with E-state index in [0.717, 1.165) is 18.0 Å². The zero-order chi connectivity index (χ0) is 13.3. The van der Waals surface area contributed by atoms with Crippen LogP contribution in [0.2, 0.25) is 0 Å². The quantitative estimate of drug-likeness (QED) is 0.813. The first-order valence-corrected chi connectivity index (χ1v) is 5.39. The number of halogens is 1. The number of carbonyl (C=O) groups is 1. The van der Waals surface area contributed by atoms with E-state index < -0.39 is 17.3 Å². The number of carboxylic acid groups (broad SMARTS) is 1. The zero-order valence-electron chi connectivity index (χ0n) is 9.72. The smallest absolute Gasteiger partial charge is 0.338 e. The van der Waals surface area contributed by atoms with E-state index >= 15 is 0 Å². The normalized spacial score (nSPS) is 10.6. The van der Waals surface area contributed by atoms with Crippen LogP contribution in [0.1, 0.15) is 23.1 Å². The Morgan fingerprint density at radius 2 is 2.28 bits per heavy atom. The average Bonchev–Trinajstić information content (AvgIpc) is 2.79. The van der Waals surface area contributed by atoms with Gasteiger partial charge in [0.15, 0.2) is 0 Å². The lowest BCUT2D eigenvalue weighted by Gasteiger charge is -2.11. The lowest BCUT2D eigenvalue weighted by Crippen LogP contribution is -2.08. The number of carboxylic acids is 1. The zero-order valence-corrected chi connectivity index (χ0v) is 9.72. The Hall–Kier alpha value is -2.37. The standard InChI is InChI=1S/C12H12FN3O2/c1-2-11-15-3-4-16(11)10-6-8(13)7(12(17)18)5-9(10)14/h3-6H,2,14H2,1H3,(H,17,18). The lowest BCUT2D eigenvalue weighted by molar-refractivity contribution is 0.0692. The summed E-state index contributed by atoms with van der Waals surface area (Å²) >= 11 is 0. The predicted octanol–water partition coefficient (Wildman–Crippen LogP) is 1.85. The highest BCUT2D eigenvalue weighted by Gasteiger charge is 2.15. The number of aromatic carboxylic acids is 1. The van der Waals surface area contributed by atoms with Crippen LogP contribution in [0.25, 0.3) is 5.69 Å². The molecule has 1 aromatic carbocycles. The van der Waals surface area contributed by atoms with Crippen LogP contribution in [0, 0.1) is 5.82 Å². The Labute approximate surface area is 103 Å². The van der Waals surface area contributed by atoms with Crippen LogP contribution in [-0.2, 0) is 6.42 Å². The van der Waals surface area contributed by atoms with Crippen molar-refractivity contribution in [3.8, 4) is 5.69 Å². The van der Waals surface area contributed by atoms with Crippen molar-refractivity contribution >= 4 is 11.7 Å². The van der Waals surface area contributed by atoms with Gasteiger partial charge in [-0.15, -0.1) is 0 Å². The highest BCUT2D eigenvalue weighted by molar-refractivity contribution is 5.90. The van der Waals surface area contributed by atoms with E-state index in [-0.39, 0.29) is 5.69 Å². The number of hydrogen-bond donors (Lipinski definition) is 2. The van der Waals surface area contributed by atoms with Gasteiger partial charge in [0.25, 0.3) is 0 Å². The van der Waals surface area contributed by atoms with Crippen LogP contribution in [0.4, 0.5) is 10.1 Å². The third-order valence-corrected chi connectivity index (χ3v) is 2.64. The van der Waals surface area contributed by atoms with Crippen molar-refractivity contribution in [2.24, 2.45) is 0 Å². The number of rotatable bonds is 3. The van der Waals surface area contributed by atoms with Crippen molar-refractivity contribution < 1.29 is 14.3 Å². The molecule has 1 heterocycles. The molecule has 6 heteroatoms. The monoisotopic (exact) mass is 249 g/mol. The van der Waals surface area contributed by atoms with Crippen molar-refractivity contribution in [2.75, 3.05) is 5.73 Å². The molecule has 3 N–H and O–H groups in total. The van der Waals surface area contributed by atoms with Crippen LogP contribution >= 0.6 is 0 Å². The van der Waals surface area contributed by atoms with Crippen molar-refractivity contribution in [1.82, 2.24) is 9.55 Å². The number of aryl methyl sites for hydroxylation is 1. The molecule has 5 nitrogen and oxygen atoms in total. The van der Waals surface area contributed by atoms with Gasteiger partial charge in [0.05, 0.1) is 16.9 Å². The van der Waals surface area contributed by atoms with Gasteiger partial charge in [-0.25, -0.2) is 14.2 Å². The second-order valence-corrected chi connectivity index (χ2v) is 3.76. The van der Waals surface area contributed by atoms with Crippen molar-refractivity contribution in [3.05, 3.63) is 41.7 Å². The molecule has 94 valence electrons. The summed E-state index contributed by atoms with van der Waals surface area (Å²) in [6.07, 6.45) is 3.90. The number of anilines is 1. The maximum absolute atomic E-state index is 13.6. The van der Waals surface area contributed by atoms with Gasteiger partial charge in [0.2, 0.25) is 0 Å². The molecule has 0 amide bonds. The molecule has 0 fully saturated rings. The highest BCUT2D eigenvalue weighted by atomic mass is 19.1.